The van der Waals surface area contributed by atoms with Gasteiger partial charge in [-0.25, -0.2) is 0 Å². The lowest BCUT2D eigenvalue weighted by molar-refractivity contribution is 0.141. The first-order chi connectivity index (χ1) is 4.89. The van der Waals surface area contributed by atoms with Crippen molar-refractivity contribution in [2.24, 2.45) is 5.92 Å². The maximum absolute atomic E-state index is 9.25. The molecular formula is C8H20O2Si. The first-order valence-electron chi connectivity index (χ1n) is 4.12. The number of aliphatic hydroxyl groups is 1. The van der Waals surface area contributed by atoms with E-state index in [2.05, 4.69) is 20.0 Å². The molecule has 0 fully saturated rings. The molecule has 0 aromatic heterocycles. The number of hydrogen-bond donors (Lipinski definition) is 1. The summed E-state index contributed by atoms with van der Waals surface area (Å²) in [6, 6.07) is 1.03. The van der Waals surface area contributed by atoms with Crippen LogP contribution in [-0.2, 0) is 4.43 Å². The van der Waals surface area contributed by atoms with Crippen LogP contribution in [0, 0.1) is 5.92 Å². The lowest BCUT2D eigenvalue weighted by atomic mass is 10.1. The van der Waals surface area contributed by atoms with Gasteiger partial charge in [0.25, 0.3) is 0 Å². The van der Waals surface area contributed by atoms with E-state index in [9.17, 15) is 5.11 Å². The Kier molecular flexibility index (Phi) is 4.29. The maximum atomic E-state index is 9.25. The van der Waals surface area contributed by atoms with E-state index in [0.717, 1.165) is 6.04 Å². The van der Waals surface area contributed by atoms with Crippen molar-refractivity contribution in [3.63, 3.8) is 0 Å². The summed E-state index contributed by atoms with van der Waals surface area (Å²) in [6.07, 6.45) is -0.211. The van der Waals surface area contributed by atoms with Crippen LogP contribution in [0.5, 0.6) is 0 Å². The summed E-state index contributed by atoms with van der Waals surface area (Å²) in [4.78, 5) is 0. The van der Waals surface area contributed by atoms with Gasteiger partial charge in [0.15, 0.2) is 8.32 Å². The topological polar surface area (TPSA) is 29.5 Å². The van der Waals surface area contributed by atoms with Crippen molar-refractivity contribution in [2.75, 3.05) is 7.11 Å². The van der Waals surface area contributed by atoms with Gasteiger partial charge in [0, 0.05) is 7.11 Å². The quantitative estimate of drug-likeness (QED) is 0.662. The normalized spacial score (nSPS) is 18.0. The predicted octanol–water partition coefficient (Wildman–Crippen LogP) is 1.85. The average Bonchev–Trinajstić information content (AvgIpc) is 1.87. The Bertz CT molecular complexity index is 113. The van der Waals surface area contributed by atoms with Gasteiger partial charge in [-0.3, -0.25) is 0 Å². The van der Waals surface area contributed by atoms with Gasteiger partial charge in [0.05, 0.1) is 6.10 Å². The summed E-state index contributed by atoms with van der Waals surface area (Å²) in [6.45, 7) is 8.25. The molecule has 11 heavy (non-hydrogen) atoms. The molecule has 1 N–H and O–H groups in total. The molecule has 0 saturated heterocycles. The summed E-state index contributed by atoms with van der Waals surface area (Å²) in [5.74, 6) is 0.358. The molecule has 0 aliphatic heterocycles. The zero-order valence-electron chi connectivity index (χ0n) is 8.22. The highest BCUT2D eigenvalue weighted by Gasteiger charge is 2.25. The van der Waals surface area contributed by atoms with Gasteiger partial charge >= 0.3 is 0 Å². The molecule has 0 aromatic rings. The molecule has 2 unspecified atom stereocenters. The highest BCUT2D eigenvalue weighted by atomic mass is 28.4. The first-order valence-corrected chi connectivity index (χ1v) is 7.24. The minimum Gasteiger partial charge on any atom is -0.420 e. The highest BCUT2D eigenvalue weighted by Crippen LogP contribution is 2.19. The van der Waals surface area contributed by atoms with Crippen molar-refractivity contribution in [1.82, 2.24) is 0 Å². The van der Waals surface area contributed by atoms with E-state index in [-0.39, 0.29) is 6.10 Å². The number of hydrogen-bond acceptors (Lipinski definition) is 2. The second kappa shape index (κ2) is 4.23. The molecule has 0 amide bonds. The third-order valence-electron chi connectivity index (χ3n) is 2.19. The number of aliphatic hydroxyl groups excluding tert-OH is 1. The molecule has 0 radical (unpaired) electrons. The van der Waals surface area contributed by atoms with E-state index >= 15 is 0 Å². The van der Waals surface area contributed by atoms with Gasteiger partial charge in [0.2, 0.25) is 0 Å². The lowest BCUT2D eigenvalue weighted by Crippen LogP contribution is -2.33. The smallest absolute Gasteiger partial charge is 0.186 e. The molecule has 0 saturated carbocycles. The zero-order valence-corrected chi connectivity index (χ0v) is 9.22. The first kappa shape index (κ1) is 11.1. The Morgan fingerprint density at radius 3 is 2.09 bits per heavy atom. The van der Waals surface area contributed by atoms with Gasteiger partial charge in [0.1, 0.15) is 0 Å². The van der Waals surface area contributed by atoms with Crippen molar-refractivity contribution < 1.29 is 9.53 Å². The van der Waals surface area contributed by atoms with Crippen molar-refractivity contribution in [3.8, 4) is 0 Å². The van der Waals surface area contributed by atoms with Crippen LogP contribution in [0.4, 0.5) is 0 Å². The maximum Gasteiger partial charge on any atom is 0.186 e. The van der Waals surface area contributed by atoms with Gasteiger partial charge in [-0.2, -0.15) is 0 Å². The Labute approximate surface area is 70.7 Å². The van der Waals surface area contributed by atoms with Crippen molar-refractivity contribution in [1.29, 1.82) is 0 Å². The Hall–Kier alpha value is 0.137. The van der Waals surface area contributed by atoms with Crippen molar-refractivity contribution in [3.05, 3.63) is 0 Å². The zero-order chi connectivity index (χ0) is 9.07. The summed E-state index contributed by atoms with van der Waals surface area (Å²) >= 11 is 0. The van der Waals surface area contributed by atoms with Crippen LogP contribution in [0.15, 0.2) is 0 Å². The van der Waals surface area contributed by atoms with Crippen LogP contribution in [0.2, 0.25) is 19.1 Å². The summed E-state index contributed by atoms with van der Waals surface area (Å²) < 4.78 is 5.39. The molecule has 2 nitrogen and oxygen atoms in total. The fraction of sp³-hybridized carbons (Fsp3) is 1.00. The SMILES string of the molecule is CO[Si](C)(C)CC(C)C(C)O. The monoisotopic (exact) mass is 176 g/mol. The minimum atomic E-state index is -1.46. The van der Waals surface area contributed by atoms with Gasteiger partial charge in [-0.05, 0) is 32.0 Å². The summed E-state index contributed by atoms with van der Waals surface area (Å²) in [5.41, 5.74) is 0. The Balaban J connectivity index is 3.83. The molecule has 0 spiro atoms. The van der Waals surface area contributed by atoms with E-state index in [1.54, 1.807) is 7.11 Å². The van der Waals surface area contributed by atoms with Crippen LogP contribution >= 0.6 is 0 Å². The molecule has 0 heterocycles. The van der Waals surface area contributed by atoms with Gasteiger partial charge in [-0.15, -0.1) is 0 Å². The molecule has 3 heteroatoms. The van der Waals surface area contributed by atoms with E-state index in [1.807, 2.05) is 6.92 Å². The number of rotatable bonds is 4. The Morgan fingerprint density at radius 1 is 1.36 bits per heavy atom. The standard InChI is InChI=1S/C8H20O2Si/c1-7(8(2)9)6-11(4,5)10-3/h7-9H,6H2,1-5H3. The third-order valence-corrected chi connectivity index (χ3v) is 4.92. The van der Waals surface area contributed by atoms with Gasteiger partial charge in [-0.1, -0.05) is 6.92 Å². The largest absolute Gasteiger partial charge is 0.420 e. The predicted molar refractivity (Wildman–Crippen MR) is 50.1 cm³/mol. The third kappa shape index (κ3) is 4.56. The second-order valence-electron chi connectivity index (χ2n) is 3.89. The second-order valence-corrected chi connectivity index (χ2v) is 8.22. The van der Waals surface area contributed by atoms with Crippen LogP contribution < -0.4 is 0 Å². The van der Waals surface area contributed by atoms with Gasteiger partial charge < -0.3 is 9.53 Å². The highest BCUT2D eigenvalue weighted by molar-refractivity contribution is 6.71. The van der Waals surface area contributed by atoms with Crippen LogP contribution in [0.1, 0.15) is 13.8 Å². The average molecular weight is 176 g/mol. The van der Waals surface area contributed by atoms with Crippen LogP contribution in [0.25, 0.3) is 0 Å². The molecule has 0 rings (SSSR count). The summed E-state index contributed by atoms with van der Waals surface area (Å²) in [7, 11) is 0.302. The van der Waals surface area contributed by atoms with Crippen molar-refractivity contribution in [2.45, 2.75) is 39.1 Å². The summed E-state index contributed by atoms with van der Waals surface area (Å²) in [5, 5.41) is 9.25. The van der Waals surface area contributed by atoms with Crippen molar-refractivity contribution >= 4 is 8.32 Å². The van der Waals surface area contributed by atoms with E-state index in [0.29, 0.717) is 5.92 Å². The fourth-order valence-corrected chi connectivity index (χ4v) is 3.09. The van der Waals surface area contributed by atoms with E-state index in [4.69, 9.17) is 4.43 Å². The fourth-order valence-electron chi connectivity index (χ4n) is 1.03. The van der Waals surface area contributed by atoms with E-state index < -0.39 is 8.32 Å². The van der Waals surface area contributed by atoms with E-state index in [1.165, 1.54) is 0 Å². The molecule has 2 atom stereocenters. The lowest BCUT2D eigenvalue weighted by Gasteiger charge is -2.25. The molecule has 0 aliphatic carbocycles. The molecule has 0 aromatic carbocycles. The van der Waals surface area contributed by atoms with Crippen LogP contribution in [0.3, 0.4) is 0 Å². The molecule has 0 bridgehead atoms. The Morgan fingerprint density at radius 2 is 1.82 bits per heavy atom. The van der Waals surface area contributed by atoms with Crippen LogP contribution in [-0.4, -0.2) is 26.6 Å². The minimum absolute atomic E-state index is 0.211. The molecule has 0 aliphatic rings. The molecular weight excluding hydrogens is 156 g/mol. The molecule has 68 valence electrons.